The molecule has 1 heterocycles. The van der Waals surface area contributed by atoms with Gasteiger partial charge in [0.1, 0.15) is 16.5 Å². The molecule has 0 fully saturated rings. The van der Waals surface area contributed by atoms with Gasteiger partial charge in [-0.05, 0) is 30.3 Å². The SMILES string of the molecule is CCN(CC)S(=O)(=O)c1cc(C(=O)NCc2ccco2)ccc1F. The van der Waals surface area contributed by atoms with Crippen molar-refractivity contribution in [2.75, 3.05) is 13.1 Å². The topological polar surface area (TPSA) is 79.6 Å². The van der Waals surface area contributed by atoms with Crippen LogP contribution in [0, 0.1) is 5.82 Å². The number of hydrogen-bond donors (Lipinski definition) is 1. The van der Waals surface area contributed by atoms with E-state index in [1.54, 1.807) is 26.0 Å². The summed E-state index contributed by atoms with van der Waals surface area (Å²) in [6.07, 6.45) is 1.48. The molecule has 24 heavy (non-hydrogen) atoms. The molecular formula is C16H19FN2O4S. The molecular weight excluding hydrogens is 335 g/mol. The Labute approximate surface area is 140 Å². The Balaban J connectivity index is 2.26. The molecule has 0 bridgehead atoms. The molecule has 0 aliphatic heterocycles. The molecule has 0 aliphatic rings. The van der Waals surface area contributed by atoms with Gasteiger partial charge in [0.25, 0.3) is 5.91 Å². The van der Waals surface area contributed by atoms with E-state index in [-0.39, 0.29) is 25.2 Å². The summed E-state index contributed by atoms with van der Waals surface area (Å²) in [5, 5.41) is 2.59. The van der Waals surface area contributed by atoms with Gasteiger partial charge in [-0.2, -0.15) is 4.31 Å². The van der Waals surface area contributed by atoms with E-state index in [0.29, 0.717) is 5.76 Å². The maximum absolute atomic E-state index is 14.0. The van der Waals surface area contributed by atoms with Crippen molar-refractivity contribution in [3.63, 3.8) is 0 Å². The third kappa shape index (κ3) is 3.82. The number of nitrogens with one attached hydrogen (secondary N) is 1. The number of hydrogen-bond acceptors (Lipinski definition) is 4. The summed E-state index contributed by atoms with van der Waals surface area (Å²) in [6.45, 7) is 3.92. The van der Waals surface area contributed by atoms with E-state index in [4.69, 9.17) is 4.42 Å². The molecule has 0 spiro atoms. The van der Waals surface area contributed by atoms with Crippen LogP contribution in [0.15, 0.2) is 45.9 Å². The molecule has 6 nitrogen and oxygen atoms in total. The van der Waals surface area contributed by atoms with Crippen molar-refractivity contribution in [1.29, 1.82) is 0 Å². The van der Waals surface area contributed by atoms with Crippen molar-refractivity contribution >= 4 is 15.9 Å². The average Bonchev–Trinajstić information content (AvgIpc) is 3.07. The zero-order chi connectivity index (χ0) is 17.7. The number of halogens is 1. The molecule has 2 aromatic rings. The van der Waals surface area contributed by atoms with E-state index in [1.807, 2.05) is 0 Å². The van der Waals surface area contributed by atoms with Crippen LogP contribution >= 0.6 is 0 Å². The predicted octanol–water partition coefficient (Wildman–Crippen LogP) is 2.38. The van der Waals surface area contributed by atoms with Gasteiger partial charge in [-0.1, -0.05) is 13.8 Å². The molecule has 1 aromatic heterocycles. The monoisotopic (exact) mass is 354 g/mol. The van der Waals surface area contributed by atoms with Crippen LogP contribution in [-0.2, 0) is 16.6 Å². The lowest BCUT2D eigenvalue weighted by Crippen LogP contribution is -2.31. The van der Waals surface area contributed by atoms with Gasteiger partial charge in [-0.25, -0.2) is 12.8 Å². The Morgan fingerprint density at radius 3 is 2.54 bits per heavy atom. The van der Waals surface area contributed by atoms with Gasteiger partial charge < -0.3 is 9.73 Å². The Morgan fingerprint density at radius 2 is 1.96 bits per heavy atom. The summed E-state index contributed by atoms with van der Waals surface area (Å²) in [7, 11) is -3.99. The highest BCUT2D eigenvalue weighted by Crippen LogP contribution is 2.21. The maximum atomic E-state index is 14.0. The first kappa shape index (κ1) is 18.2. The number of benzene rings is 1. The summed E-state index contributed by atoms with van der Waals surface area (Å²) < 4.78 is 45.2. The van der Waals surface area contributed by atoms with Crippen molar-refractivity contribution in [1.82, 2.24) is 9.62 Å². The van der Waals surface area contributed by atoms with Crippen molar-refractivity contribution in [3.8, 4) is 0 Å². The first-order valence-corrected chi connectivity index (χ1v) is 8.94. The molecule has 0 unspecified atom stereocenters. The van der Waals surface area contributed by atoms with Gasteiger partial charge in [-0.3, -0.25) is 4.79 Å². The van der Waals surface area contributed by atoms with Crippen molar-refractivity contribution in [3.05, 3.63) is 53.7 Å². The Hall–Kier alpha value is -2.19. The minimum Gasteiger partial charge on any atom is -0.467 e. The Kier molecular flexibility index (Phi) is 5.74. The van der Waals surface area contributed by atoms with Crippen LogP contribution in [0.2, 0.25) is 0 Å². The first-order chi connectivity index (χ1) is 11.4. The van der Waals surface area contributed by atoms with E-state index >= 15 is 0 Å². The molecule has 0 aliphatic carbocycles. The van der Waals surface area contributed by atoms with Crippen LogP contribution < -0.4 is 5.32 Å². The first-order valence-electron chi connectivity index (χ1n) is 7.50. The fourth-order valence-electron chi connectivity index (χ4n) is 2.23. The number of furan rings is 1. The lowest BCUT2D eigenvalue weighted by atomic mass is 10.2. The van der Waals surface area contributed by atoms with Crippen LogP contribution in [0.4, 0.5) is 4.39 Å². The molecule has 0 radical (unpaired) electrons. The van der Waals surface area contributed by atoms with Crippen LogP contribution in [0.1, 0.15) is 30.0 Å². The summed E-state index contributed by atoms with van der Waals surface area (Å²) in [4.78, 5) is 11.7. The maximum Gasteiger partial charge on any atom is 0.251 e. The molecule has 1 aromatic carbocycles. The van der Waals surface area contributed by atoms with Crippen molar-refractivity contribution in [2.45, 2.75) is 25.3 Å². The Bertz CT molecular complexity index is 799. The second kappa shape index (κ2) is 7.59. The molecule has 0 atom stereocenters. The van der Waals surface area contributed by atoms with Gasteiger partial charge in [-0.15, -0.1) is 0 Å². The lowest BCUT2D eigenvalue weighted by Gasteiger charge is -2.19. The van der Waals surface area contributed by atoms with E-state index in [2.05, 4.69) is 5.32 Å². The molecule has 130 valence electrons. The van der Waals surface area contributed by atoms with Gasteiger partial charge in [0, 0.05) is 18.7 Å². The smallest absolute Gasteiger partial charge is 0.251 e. The summed E-state index contributed by atoms with van der Waals surface area (Å²) in [5.41, 5.74) is 0.0636. The molecule has 0 saturated carbocycles. The number of rotatable bonds is 7. The van der Waals surface area contributed by atoms with E-state index in [1.165, 1.54) is 12.3 Å². The van der Waals surface area contributed by atoms with Gasteiger partial charge in [0.05, 0.1) is 12.8 Å². The van der Waals surface area contributed by atoms with Crippen LogP contribution in [0.25, 0.3) is 0 Å². The fraction of sp³-hybridized carbons (Fsp3) is 0.312. The third-order valence-electron chi connectivity index (χ3n) is 3.52. The second-order valence-corrected chi connectivity index (χ2v) is 6.90. The highest BCUT2D eigenvalue weighted by atomic mass is 32.2. The van der Waals surface area contributed by atoms with Crippen molar-refractivity contribution in [2.24, 2.45) is 0 Å². The minimum absolute atomic E-state index is 0.0636. The normalized spacial score (nSPS) is 11.7. The zero-order valence-electron chi connectivity index (χ0n) is 13.5. The van der Waals surface area contributed by atoms with Crippen LogP contribution in [0.5, 0.6) is 0 Å². The van der Waals surface area contributed by atoms with Gasteiger partial charge in [0.2, 0.25) is 10.0 Å². The zero-order valence-corrected chi connectivity index (χ0v) is 14.3. The van der Waals surface area contributed by atoms with Gasteiger partial charge >= 0.3 is 0 Å². The highest BCUT2D eigenvalue weighted by Gasteiger charge is 2.26. The minimum atomic E-state index is -3.99. The number of nitrogens with zero attached hydrogens (tertiary/aromatic N) is 1. The van der Waals surface area contributed by atoms with E-state index in [9.17, 15) is 17.6 Å². The van der Waals surface area contributed by atoms with E-state index < -0.39 is 26.6 Å². The summed E-state index contributed by atoms with van der Waals surface area (Å²) in [6, 6.07) is 6.67. The molecule has 1 amide bonds. The summed E-state index contributed by atoms with van der Waals surface area (Å²) >= 11 is 0. The molecule has 2 rings (SSSR count). The highest BCUT2D eigenvalue weighted by molar-refractivity contribution is 7.89. The lowest BCUT2D eigenvalue weighted by molar-refractivity contribution is 0.0947. The Morgan fingerprint density at radius 1 is 1.25 bits per heavy atom. The average molecular weight is 354 g/mol. The number of sulfonamides is 1. The molecule has 8 heteroatoms. The molecule has 0 saturated heterocycles. The van der Waals surface area contributed by atoms with Crippen LogP contribution in [0.3, 0.4) is 0 Å². The largest absolute Gasteiger partial charge is 0.467 e. The number of carbonyl (C=O) groups is 1. The predicted molar refractivity (Wildman–Crippen MR) is 86.4 cm³/mol. The number of amides is 1. The second-order valence-electron chi connectivity index (χ2n) is 5.00. The third-order valence-corrected chi connectivity index (χ3v) is 5.58. The van der Waals surface area contributed by atoms with Gasteiger partial charge in [0.15, 0.2) is 0 Å². The summed E-state index contributed by atoms with van der Waals surface area (Å²) in [5.74, 6) is -0.840. The van der Waals surface area contributed by atoms with Crippen LogP contribution in [-0.4, -0.2) is 31.7 Å². The quantitative estimate of drug-likeness (QED) is 0.828. The molecule has 1 N–H and O–H groups in total. The van der Waals surface area contributed by atoms with Crippen molar-refractivity contribution < 1.29 is 22.0 Å². The van der Waals surface area contributed by atoms with E-state index in [0.717, 1.165) is 16.4 Å². The number of carbonyl (C=O) groups excluding carboxylic acids is 1. The fourth-order valence-corrected chi connectivity index (χ4v) is 3.78. The standard InChI is InChI=1S/C16H19FN2O4S/c1-3-19(4-2)24(21,22)15-10-12(7-8-14(15)17)16(20)18-11-13-6-5-9-23-13/h5-10H,3-4,11H2,1-2H3,(H,18,20).